The number of rotatable bonds is 7. The molecule has 0 saturated carbocycles. The maximum absolute atomic E-state index is 12.9. The standard InChI is InChI=1S/C22H27N3O6S/c1-15-4-9-21(20(11-15)25(27)28)31-14-22(26)23-18-5-7-19(8-6-18)32(29,30)24-12-16(2)10-17(3)13-24/h4-9,11,16-17H,10,12-14H2,1-3H3,(H,23,26). The van der Waals surface area contributed by atoms with E-state index in [9.17, 15) is 23.3 Å². The molecule has 2 atom stereocenters. The molecule has 1 saturated heterocycles. The Balaban J connectivity index is 1.62. The van der Waals surface area contributed by atoms with Crippen molar-refractivity contribution in [3.63, 3.8) is 0 Å². The molecule has 0 bridgehead atoms. The number of carbonyl (C=O) groups excluding carboxylic acids is 1. The van der Waals surface area contributed by atoms with Gasteiger partial charge in [-0.1, -0.05) is 19.9 Å². The number of carbonyl (C=O) groups is 1. The molecule has 2 aromatic rings. The van der Waals surface area contributed by atoms with Crippen LogP contribution in [-0.4, -0.2) is 43.2 Å². The molecule has 10 heteroatoms. The normalized spacial score (nSPS) is 19.3. The highest BCUT2D eigenvalue weighted by molar-refractivity contribution is 7.89. The van der Waals surface area contributed by atoms with Crippen molar-refractivity contribution in [2.75, 3.05) is 25.0 Å². The summed E-state index contributed by atoms with van der Waals surface area (Å²) >= 11 is 0. The molecule has 1 fully saturated rings. The molecule has 0 aromatic heterocycles. The molecule has 0 spiro atoms. The molecule has 2 aromatic carbocycles. The molecule has 9 nitrogen and oxygen atoms in total. The van der Waals surface area contributed by atoms with Crippen LogP contribution in [0.25, 0.3) is 0 Å². The number of hydrogen-bond acceptors (Lipinski definition) is 6. The number of nitrogens with zero attached hydrogens (tertiary/aromatic N) is 2. The smallest absolute Gasteiger partial charge is 0.311 e. The van der Waals surface area contributed by atoms with Gasteiger partial charge in [0.05, 0.1) is 9.82 Å². The molecule has 1 aliphatic rings. The number of amides is 1. The zero-order valence-electron chi connectivity index (χ0n) is 18.3. The Bertz CT molecular complexity index is 1090. The quantitative estimate of drug-likeness (QED) is 0.497. The number of anilines is 1. The van der Waals surface area contributed by atoms with E-state index in [1.165, 1.54) is 40.7 Å². The van der Waals surface area contributed by atoms with Gasteiger partial charge in [0.25, 0.3) is 5.91 Å². The van der Waals surface area contributed by atoms with Gasteiger partial charge < -0.3 is 10.1 Å². The van der Waals surface area contributed by atoms with Crippen molar-refractivity contribution in [2.24, 2.45) is 11.8 Å². The zero-order chi connectivity index (χ0) is 23.5. The number of nitro benzene ring substituents is 1. The molecule has 1 aliphatic heterocycles. The van der Waals surface area contributed by atoms with E-state index in [-0.39, 0.29) is 16.3 Å². The SMILES string of the molecule is Cc1ccc(OCC(=O)Nc2ccc(S(=O)(=O)N3CC(C)CC(C)C3)cc2)c([N+](=O)[O-])c1. The summed E-state index contributed by atoms with van der Waals surface area (Å²) in [5.74, 6) is 0.0872. The lowest BCUT2D eigenvalue weighted by Crippen LogP contribution is -2.42. The van der Waals surface area contributed by atoms with E-state index >= 15 is 0 Å². The first kappa shape index (κ1) is 23.7. The Labute approximate surface area is 187 Å². The van der Waals surface area contributed by atoms with E-state index < -0.39 is 27.5 Å². The van der Waals surface area contributed by atoms with Crippen LogP contribution < -0.4 is 10.1 Å². The molecule has 0 radical (unpaired) electrons. The van der Waals surface area contributed by atoms with Gasteiger partial charge in [-0.2, -0.15) is 4.31 Å². The van der Waals surface area contributed by atoms with Crippen LogP contribution in [0.3, 0.4) is 0 Å². The Hall–Kier alpha value is -2.98. The second-order valence-corrected chi connectivity index (χ2v) is 10.3. The fraction of sp³-hybridized carbons (Fsp3) is 0.409. The summed E-state index contributed by atoms with van der Waals surface area (Å²) in [5, 5.41) is 13.7. The van der Waals surface area contributed by atoms with Crippen LogP contribution in [0, 0.1) is 28.9 Å². The molecule has 1 N–H and O–H groups in total. The zero-order valence-corrected chi connectivity index (χ0v) is 19.1. The molecular weight excluding hydrogens is 434 g/mol. The number of ether oxygens (including phenoxy) is 1. The van der Waals surface area contributed by atoms with Gasteiger partial charge in [0.1, 0.15) is 0 Å². The van der Waals surface area contributed by atoms with Crippen LogP contribution in [-0.2, 0) is 14.8 Å². The molecule has 1 amide bonds. The van der Waals surface area contributed by atoms with Crippen LogP contribution in [0.2, 0.25) is 0 Å². The van der Waals surface area contributed by atoms with E-state index in [4.69, 9.17) is 4.74 Å². The third-order valence-electron chi connectivity index (χ3n) is 5.28. The fourth-order valence-electron chi connectivity index (χ4n) is 3.89. The van der Waals surface area contributed by atoms with Gasteiger partial charge in [0.2, 0.25) is 10.0 Å². The van der Waals surface area contributed by atoms with E-state index in [0.717, 1.165) is 6.42 Å². The predicted molar refractivity (Wildman–Crippen MR) is 120 cm³/mol. The highest BCUT2D eigenvalue weighted by Crippen LogP contribution is 2.28. The molecule has 172 valence electrons. The predicted octanol–water partition coefficient (Wildman–Crippen LogP) is 3.59. The third-order valence-corrected chi connectivity index (χ3v) is 7.13. The van der Waals surface area contributed by atoms with Gasteiger partial charge in [-0.25, -0.2) is 8.42 Å². The maximum atomic E-state index is 12.9. The number of nitrogens with one attached hydrogen (secondary N) is 1. The molecule has 1 heterocycles. The van der Waals surface area contributed by atoms with Crippen LogP contribution in [0.4, 0.5) is 11.4 Å². The Kier molecular flexibility index (Phi) is 7.15. The maximum Gasteiger partial charge on any atom is 0.311 e. The number of piperidine rings is 1. The van der Waals surface area contributed by atoms with Crippen molar-refractivity contribution in [2.45, 2.75) is 32.1 Å². The van der Waals surface area contributed by atoms with Gasteiger partial charge in [0, 0.05) is 24.8 Å². The summed E-state index contributed by atoms with van der Waals surface area (Å²) in [7, 11) is -3.60. The first-order chi connectivity index (χ1) is 15.1. The molecular formula is C22H27N3O6S. The Morgan fingerprint density at radius 2 is 1.78 bits per heavy atom. The van der Waals surface area contributed by atoms with Crippen molar-refractivity contribution in [3.8, 4) is 5.75 Å². The number of hydrogen-bond donors (Lipinski definition) is 1. The minimum Gasteiger partial charge on any atom is -0.477 e. The summed E-state index contributed by atoms with van der Waals surface area (Å²) in [4.78, 5) is 23.0. The molecule has 0 aliphatic carbocycles. The second kappa shape index (κ2) is 9.66. The van der Waals surface area contributed by atoms with E-state index in [2.05, 4.69) is 5.32 Å². The average molecular weight is 462 g/mol. The van der Waals surface area contributed by atoms with Crippen molar-refractivity contribution in [3.05, 3.63) is 58.1 Å². The summed E-state index contributed by atoms with van der Waals surface area (Å²) in [5.41, 5.74) is 0.891. The number of benzene rings is 2. The highest BCUT2D eigenvalue weighted by Gasteiger charge is 2.31. The topological polar surface area (TPSA) is 119 Å². The van der Waals surface area contributed by atoms with Crippen LogP contribution in [0.15, 0.2) is 47.4 Å². The average Bonchev–Trinajstić information content (AvgIpc) is 2.72. The third kappa shape index (κ3) is 5.63. The lowest BCUT2D eigenvalue weighted by molar-refractivity contribution is -0.385. The van der Waals surface area contributed by atoms with E-state index in [0.29, 0.717) is 36.2 Å². The minimum absolute atomic E-state index is 0.00202. The first-order valence-corrected chi connectivity index (χ1v) is 11.8. The van der Waals surface area contributed by atoms with Crippen LogP contribution in [0.1, 0.15) is 25.8 Å². The van der Waals surface area contributed by atoms with E-state index in [1.807, 2.05) is 13.8 Å². The van der Waals surface area contributed by atoms with Crippen molar-refractivity contribution < 1.29 is 22.9 Å². The number of aryl methyl sites for hydroxylation is 1. The largest absolute Gasteiger partial charge is 0.477 e. The monoisotopic (exact) mass is 461 g/mol. The summed E-state index contributed by atoms with van der Waals surface area (Å²) in [6, 6.07) is 10.4. The van der Waals surface area contributed by atoms with Crippen molar-refractivity contribution in [1.29, 1.82) is 0 Å². The van der Waals surface area contributed by atoms with Crippen molar-refractivity contribution in [1.82, 2.24) is 4.31 Å². The van der Waals surface area contributed by atoms with E-state index in [1.54, 1.807) is 13.0 Å². The van der Waals surface area contributed by atoms with Crippen LogP contribution >= 0.6 is 0 Å². The van der Waals surface area contributed by atoms with Crippen molar-refractivity contribution >= 4 is 27.3 Å². The lowest BCUT2D eigenvalue weighted by Gasteiger charge is -2.34. The number of sulfonamides is 1. The van der Waals surface area contributed by atoms with Gasteiger partial charge in [-0.05, 0) is 61.1 Å². The summed E-state index contributed by atoms with van der Waals surface area (Å²) < 4.78 is 32.7. The lowest BCUT2D eigenvalue weighted by atomic mass is 9.94. The summed E-state index contributed by atoms with van der Waals surface area (Å²) in [6.07, 6.45) is 1.00. The highest BCUT2D eigenvalue weighted by atomic mass is 32.2. The van der Waals surface area contributed by atoms with Crippen LogP contribution in [0.5, 0.6) is 5.75 Å². The minimum atomic E-state index is -3.60. The first-order valence-electron chi connectivity index (χ1n) is 10.3. The van der Waals surface area contributed by atoms with Gasteiger partial charge >= 0.3 is 5.69 Å². The molecule has 2 unspecified atom stereocenters. The van der Waals surface area contributed by atoms with Gasteiger partial charge in [-0.3, -0.25) is 14.9 Å². The Morgan fingerprint density at radius 3 is 2.38 bits per heavy atom. The fourth-order valence-corrected chi connectivity index (χ4v) is 5.57. The van der Waals surface area contributed by atoms with Gasteiger partial charge in [0.15, 0.2) is 12.4 Å². The van der Waals surface area contributed by atoms with Gasteiger partial charge in [-0.15, -0.1) is 0 Å². The Morgan fingerprint density at radius 1 is 1.16 bits per heavy atom. The summed E-state index contributed by atoms with van der Waals surface area (Å²) in [6.45, 7) is 6.38. The molecule has 32 heavy (non-hydrogen) atoms. The second-order valence-electron chi connectivity index (χ2n) is 8.36. The number of nitro groups is 1. The molecule has 3 rings (SSSR count).